The Kier molecular flexibility index (Phi) is 7.29. The summed E-state index contributed by atoms with van der Waals surface area (Å²) in [5, 5.41) is 9.03. The van der Waals surface area contributed by atoms with E-state index in [1.54, 1.807) is 7.11 Å². The maximum atomic E-state index is 9.03. The second-order valence-corrected chi connectivity index (χ2v) is 3.98. The van der Waals surface area contributed by atoms with Gasteiger partial charge in [-0.2, -0.15) is 0 Å². The first-order chi connectivity index (χ1) is 6.17. The summed E-state index contributed by atoms with van der Waals surface area (Å²) in [7, 11) is 1.74. The Bertz CT molecular complexity index is 115. The lowest BCUT2D eigenvalue weighted by Crippen LogP contribution is -2.30. The van der Waals surface area contributed by atoms with Gasteiger partial charge in [-0.25, -0.2) is 0 Å². The molecular formula is C11H24O2. The van der Waals surface area contributed by atoms with Gasteiger partial charge >= 0.3 is 0 Å². The third-order valence-electron chi connectivity index (χ3n) is 2.69. The van der Waals surface area contributed by atoms with Gasteiger partial charge in [0.25, 0.3) is 0 Å². The first kappa shape index (κ1) is 12.9. The number of rotatable bonds is 7. The molecule has 0 saturated heterocycles. The van der Waals surface area contributed by atoms with Gasteiger partial charge in [0.1, 0.15) is 0 Å². The molecule has 0 aliphatic carbocycles. The minimum absolute atomic E-state index is 0.205. The van der Waals surface area contributed by atoms with Crippen LogP contribution < -0.4 is 0 Å². The number of unbranched alkanes of at least 4 members (excludes halogenated alkanes) is 1. The largest absolute Gasteiger partial charge is 0.396 e. The van der Waals surface area contributed by atoms with E-state index in [9.17, 15) is 0 Å². The third kappa shape index (κ3) is 4.63. The van der Waals surface area contributed by atoms with Crippen molar-refractivity contribution in [2.45, 2.75) is 46.1 Å². The van der Waals surface area contributed by atoms with Crippen molar-refractivity contribution < 1.29 is 9.84 Å². The Hall–Kier alpha value is -0.0800. The molecule has 0 aliphatic heterocycles. The standard InChI is InChI=1S/C11H24O2/c1-5-6-7-9(2)11(13-4)10(3)8-12/h9-12H,5-8H2,1-4H3. The van der Waals surface area contributed by atoms with Crippen LogP contribution in [0, 0.1) is 11.8 Å². The molecule has 0 aromatic heterocycles. The van der Waals surface area contributed by atoms with Gasteiger partial charge in [0, 0.05) is 19.6 Å². The van der Waals surface area contributed by atoms with E-state index in [1.165, 1.54) is 19.3 Å². The van der Waals surface area contributed by atoms with E-state index in [2.05, 4.69) is 13.8 Å². The average Bonchev–Trinajstić information content (AvgIpc) is 2.15. The SMILES string of the molecule is CCCCC(C)C(OC)C(C)CO. The molecule has 0 bridgehead atoms. The highest BCUT2D eigenvalue weighted by atomic mass is 16.5. The maximum absolute atomic E-state index is 9.03. The van der Waals surface area contributed by atoms with Crippen LogP contribution >= 0.6 is 0 Å². The summed E-state index contributed by atoms with van der Waals surface area (Å²) in [4.78, 5) is 0. The van der Waals surface area contributed by atoms with E-state index in [1.807, 2.05) is 6.92 Å². The summed E-state index contributed by atoms with van der Waals surface area (Å²) < 4.78 is 5.40. The molecule has 13 heavy (non-hydrogen) atoms. The zero-order valence-corrected chi connectivity index (χ0v) is 9.42. The molecular weight excluding hydrogens is 164 g/mol. The highest BCUT2D eigenvalue weighted by Crippen LogP contribution is 2.20. The molecule has 0 aromatic rings. The Labute approximate surface area is 82.3 Å². The van der Waals surface area contributed by atoms with Crippen molar-refractivity contribution in [3.63, 3.8) is 0 Å². The summed E-state index contributed by atoms with van der Waals surface area (Å²) in [5.74, 6) is 0.795. The summed E-state index contributed by atoms with van der Waals surface area (Å²) in [6.07, 6.45) is 3.88. The molecule has 2 heteroatoms. The lowest BCUT2D eigenvalue weighted by Gasteiger charge is -2.27. The first-order valence-electron chi connectivity index (χ1n) is 5.31. The van der Waals surface area contributed by atoms with Crippen LogP contribution in [0.3, 0.4) is 0 Å². The molecule has 0 fully saturated rings. The molecule has 3 unspecified atom stereocenters. The van der Waals surface area contributed by atoms with Gasteiger partial charge in [-0.3, -0.25) is 0 Å². The van der Waals surface area contributed by atoms with Crippen molar-refractivity contribution in [1.29, 1.82) is 0 Å². The number of ether oxygens (including phenoxy) is 1. The fourth-order valence-corrected chi connectivity index (χ4v) is 1.82. The quantitative estimate of drug-likeness (QED) is 0.665. The highest BCUT2D eigenvalue weighted by Gasteiger charge is 2.22. The molecule has 1 N–H and O–H groups in total. The zero-order chi connectivity index (χ0) is 10.3. The minimum Gasteiger partial charge on any atom is -0.396 e. The molecule has 0 aromatic carbocycles. The molecule has 3 atom stereocenters. The van der Waals surface area contributed by atoms with Gasteiger partial charge in [-0.15, -0.1) is 0 Å². The van der Waals surface area contributed by atoms with E-state index in [0.29, 0.717) is 5.92 Å². The van der Waals surface area contributed by atoms with Gasteiger partial charge in [-0.05, 0) is 12.3 Å². The smallest absolute Gasteiger partial charge is 0.0644 e. The first-order valence-corrected chi connectivity index (χ1v) is 5.31. The monoisotopic (exact) mass is 188 g/mol. The molecule has 0 saturated carbocycles. The van der Waals surface area contributed by atoms with Crippen LogP contribution in [0.15, 0.2) is 0 Å². The average molecular weight is 188 g/mol. The molecule has 0 rings (SSSR count). The molecule has 0 amide bonds. The Morgan fingerprint density at radius 3 is 2.23 bits per heavy atom. The highest BCUT2D eigenvalue weighted by molar-refractivity contribution is 4.71. The number of hydrogen-bond donors (Lipinski definition) is 1. The normalized spacial score (nSPS) is 18.2. The summed E-state index contributed by atoms with van der Waals surface area (Å²) in [6, 6.07) is 0. The number of methoxy groups -OCH3 is 1. The van der Waals surface area contributed by atoms with Crippen LogP contribution in [0.25, 0.3) is 0 Å². The minimum atomic E-state index is 0.205. The van der Waals surface area contributed by atoms with E-state index < -0.39 is 0 Å². The van der Waals surface area contributed by atoms with Gasteiger partial charge in [-0.1, -0.05) is 33.6 Å². The Balaban J connectivity index is 3.90. The number of hydrogen-bond acceptors (Lipinski definition) is 2. The molecule has 0 spiro atoms. The van der Waals surface area contributed by atoms with Crippen molar-refractivity contribution in [3.8, 4) is 0 Å². The van der Waals surface area contributed by atoms with E-state index in [4.69, 9.17) is 9.84 Å². The van der Waals surface area contributed by atoms with Gasteiger partial charge in [0.2, 0.25) is 0 Å². The van der Waals surface area contributed by atoms with Gasteiger partial charge < -0.3 is 9.84 Å². The van der Waals surface area contributed by atoms with Crippen molar-refractivity contribution >= 4 is 0 Å². The second kappa shape index (κ2) is 7.34. The summed E-state index contributed by atoms with van der Waals surface area (Å²) in [6.45, 7) is 6.66. The fraction of sp³-hybridized carbons (Fsp3) is 1.00. The van der Waals surface area contributed by atoms with Crippen molar-refractivity contribution in [2.75, 3.05) is 13.7 Å². The molecule has 0 aliphatic rings. The molecule has 0 radical (unpaired) electrons. The second-order valence-electron chi connectivity index (χ2n) is 3.98. The van der Waals surface area contributed by atoms with Gasteiger partial charge in [0.15, 0.2) is 0 Å². The van der Waals surface area contributed by atoms with E-state index in [0.717, 1.165) is 0 Å². The number of aliphatic hydroxyl groups excluding tert-OH is 1. The van der Waals surface area contributed by atoms with Crippen molar-refractivity contribution in [2.24, 2.45) is 11.8 Å². The van der Waals surface area contributed by atoms with E-state index >= 15 is 0 Å². The molecule has 2 nitrogen and oxygen atoms in total. The van der Waals surface area contributed by atoms with Crippen LogP contribution in [-0.4, -0.2) is 24.9 Å². The van der Waals surface area contributed by atoms with Gasteiger partial charge in [0.05, 0.1) is 6.10 Å². The van der Waals surface area contributed by atoms with Crippen molar-refractivity contribution in [3.05, 3.63) is 0 Å². The van der Waals surface area contributed by atoms with Crippen LogP contribution in [-0.2, 0) is 4.74 Å². The van der Waals surface area contributed by atoms with Crippen LogP contribution in [0.4, 0.5) is 0 Å². The predicted molar refractivity (Wildman–Crippen MR) is 55.7 cm³/mol. The molecule has 80 valence electrons. The predicted octanol–water partition coefficient (Wildman–Crippen LogP) is 2.46. The fourth-order valence-electron chi connectivity index (χ4n) is 1.82. The Morgan fingerprint density at radius 2 is 1.85 bits per heavy atom. The third-order valence-corrected chi connectivity index (χ3v) is 2.69. The number of aliphatic hydroxyl groups is 1. The Morgan fingerprint density at radius 1 is 1.23 bits per heavy atom. The van der Waals surface area contributed by atoms with Crippen LogP contribution in [0.2, 0.25) is 0 Å². The van der Waals surface area contributed by atoms with E-state index in [-0.39, 0.29) is 18.6 Å². The summed E-state index contributed by atoms with van der Waals surface area (Å²) in [5.41, 5.74) is 0. The lowest BCUT2D eigenvalue weighted by atomic mass is 9.90. The topological polar surface area (TPSA) is 29.5 Å². The van der Waals surface area contributed by atoms with Crippen molar-refractivity contribution in [1.82, 2.24) is 0 Å². The summed E-state index contributed by atoms with van der Waals surface area (Å²) >= 11 is 0. The maximum Gasteiger partial charge on any atom is 0.0644 e. The zero-order valence-electron chi connectivity index (χ0n) is 9.42. The van der Waals surface area contributed by atoms with Crippen LogP contribution in [0.5, 0.6) is 0 Å². The van der Waals surface area contributed by atoms with Crippen LogP contribution in [0.1, 0.15) is 40.0 Å². The molecule has 0 heterocycles. The lowest BCUT2D eigenvalue weighted by molar-refractivity contribution is -0.00477.